The standard InChI is InChI=1S/C12H14F3NO2/c1-2-3-6-16-8-4-5-9(11(17)18)10(7-8)12(13,14)15/h4-5,7,16H,2-3,6H2,1H3,(H,17,18). The van der Waals surface area contributed by atoms with Crippen molar-refractivity contribution in [3.8, 4) is 0 Å². The van der Waals surface area contributed by atoms with Crippen LogP contribution in [0.1, 0.15) is 35.7 Å². The normalized spacial score (nSPS) is 11.3. The molecule has 0 saturated heterocycles. The van der Waals surface area contributed by atoms with Gasteiger partial charge in [-0.1, -0.05) is 13.3 Å². The van der Waals surface area contributed by atoms with Crippen molar-refractivity contribution in [2.24, 2.45) is 0 Å². The van der Waals surface area contributed by atoms with Gasteiger partial charge in [0.25, 0.3) is 0 Å². The lowest BCUT2D eigenvalue weighted by atomic mass is 10.1. The number of anilines is 1. The smallest absolute Gasteiger partial charge is 0.417 e. The van der Waals surface area contributed by atoms with Crippen molar-refractivity contribution in [1.29, 1.82) is 0 Å². The molecule has 0 radical (unpaired) electrons. The molecular formula is C12H14F3NO2. The van der Waals surface area contributed by atoms with Crippen molar-refractivity contribution in [3.05, 3.63) is 29.3 Å². The van der Waals surface area contributed by atoms with E-state index in [1.165, 1.54) is 6.07 Å². The highest BCUT2D eigenvalue weighted by molar-refractivity contribution is 5.90. The molecule has 0 unspecified atom stereocenters. The molecule has 6 heteroatoms. The van der Waals surface area contributed by atoms with E-state index < -0.39 is 23.3 Å². The number of carboxylic acids is 1. The first kappa shape index (κ1) is 14.3. The summed E-state index contributed by atoms with van der Waals surface area (Å²) in [5.41, 5.74) is -1.58. The van der Waals surface area contributed by atoms with Crippen molar-refractivity contribution in [1.82, 2.24) is 0 Å². The van der Waals surface area contributed by atoms with Gasteiger partial charge in [0, 0.05) is 12.2 Å². The van der Waals surface area contributed by atoms with Gasteiger partial charge in [0.2, 0.25) is 0 Å². The van der Waals surface area contributed by atoms with Gasteiger partial charge in [0.15, 0.2) is 0 Å². The topological polar surface area (TPSA) is 49.3 Å². The maximum atomic E-state index is 12.7. The summed E-state index contributed by atoms with van der Waals surface area (Å²) in [4.78, 5) is 10.7. The third-order valence-electron chi connectivity index (χ3n) is 2.41. The molecule has 0 heterocycles. The van der Waals surface area contributed by atoms with Crippen molar-refractivity contribution in [2.45, 2.75) is 25.9 Å². The minimum atomic E-state index is -4.67. The maximum Gasteiger partial charge on any atom is 0.417 e. The van der Waals surface area contributed by atoms with Crippen LogP contribution in [0.5, 0.6) is 0 Å². The first-order valence-corrected chi connectivity index (χ1v) is 5.54. The molecular weight excluding hydrogens is 247 g/mol. The molecule has 0 spiro atoms. The highest BCUT2D eigenvalue weighted by Crippen LogP contribution is 2.33. The number of carbonyl (C=O) groups is 1. The molecule has 3 nitrogen and oxygen atoms in total. The first-order valence-electron chi connectivity index (χ1n) is 5.54. The molecule has 0 aliphatic carbocycles. The Balaban J connectivity index is 3.02. The van der Waals surface area contributed by atoms with Gasteiger partial charge in [-0.15, -0.1) is 0 Å². The second-order valence-corrected chi connectivity index (χ2v) is 3.84. The number of nitrogens with one attached hydrogen (secondary N) is 1. The van der Waals surface area contributed by atoms with E-state index in [1.807, 2.05) is 6.92 Å². The number of unbranched alkanes of at least 4 members (excludes halogenated alkanes) is 1. The lowest BCUT2D eigenvalue weighted by Crippen LogP contribution is -2.14. The summed E-state index contributed by atoms with van der Waals surface area (Å²) < 4.78 is 38.1. The molecule has 0 fully saturated rings. The average molecular weight is 261 g/mol. The Kier molecular flexibility index (Phi) is 4.58. The van der Waals surface area contributed by atoms with Crippen LogP contribution in [0.4, 0.5) is 18.9 Å². The zero-order valence-corrected chi connectivity index (χ0v) is 9.84. The number of carboxylic acid groups (broad SMARTS) is 1. The van der Waals surface area contributed by atoms with E-state index in [0.29, 0.717) is 6.54 Å². The highest BCUT2D eigenvalue weighted by atomic mass is 19.4. The molecule has 1 aromatic rings. The molecule has 1 aromatic carbocycles. The average Bonchev–Trinajstić information content (AvgIpc) is 2.28. The van der Waals surface area contributed by atoms with Gasteiger partial charge in [0.05, 0.1) is 11.1 Å². The molecule has 2 N–H and O–H groups in total. The minimum absolute atomic E-state index is 0.278. The molecule has 18 heavy (non-hydrogen) atoms. The number of hydrogen-bond donors (Lipinski definition) is 2. The van der Waals surface area contributed by atoms with E-state index in [2.05, 4.69) is 5.32 Å². The van der Waals surface area contributed by atoms with Gasteiger partial charge in [-0.05, 0) is 24.6 Å². The van der Waals surface area contributed by atoms with Crippen LogP contribution in [-0.4, -0.2) is 17.6 Å². The van der Waals surface area contributed by atoms with Crippen LogP contribution in [0.3, 0.4) is 0 Å². The molecule has 100 valence electrons. The molecule has 0 aliphatic heterocycles. The van der Waals surface area contributed by atoms with Gasteiger partial charge in [-0.2, -0.15) is 13.2 Å². The zero-order valence-electron chi connectivity index (χ0n) is 9.84. The largest absolute Gasteiger partial charge is 0.478 e. The fourth-order valence-corrected chi connectivity index (χ4v) is 1.48. The van der Waals surface area contributed by atoms with Crippen molar-refractivity contribution in [3.63, 3.8) is 0 Å². The number of rotatable bonds is 5. The Morgan fingerprint density at radius 3 is 2.56 bits per heavy atom. The van der Waals surface area contributed by atoms with Crippen LogP contribution in [0.2, 0.25) is 0 Å². The maximum absolute atomic E-state index is 12.7. The van der Waals surface area contributed by atoms with E-state index >= 15 is 0 Å². The van der Waals surface area contributed by atoms with Crippen molar-refractivity contribution < 1.29 is 23.1 Å². The monoisotopic (exact) mass is 261 g/mol. The minimum Gasteiger partial charge on any atom is -0.478 e. The molecule has 1 rings (SSSR count). The number of aromatic carboxylic acids is 1. The van der Waals surface area contributed by atoms with Crippen LogP contribution in [0, 0.1) is 0 Å². The molecule has 0 amide bonds. The van der Waals surface area contributed by atoms with Gasteiger partial charge < -0.3 is 10.4 Å². The van der Waals surface area contributed by atoms with Gasteiger partial charge in [-0.3, -0.25) is 0 Å². The molecule has 0 bridgehead atoms. The second-order valence-electron chi connectivity index (χ2n) is 3.84. The van der Waals surface area contributed by atoms with E-state index in [4.69, 9.17) is 5.11 Å². The Morgan fingerprint density at radius 2 is 2.06 bits per heavy atom. The van der Waals surface area contributed by atoms with Crippen LogP contribution >= 0.6 is 0 Å². The summed E-state index contributed by atoms with van der Waals surface area (Å²) in [6.07, 6.45) is -2.91. The first-order chi connectivity index (χ1) is 8.36. The number of benzene rings is 1. The third-order valence-corrected chi connectivity index (χ3v) is 2.41. The molecule has 0 aromatic heterocycles. The summed E-state index contributed by atoms with van der Waals surface area (Å²) in [5, 5.41) is 11.5. The summed E-state index contributed by atoms with van der Waals surface area (Å²) in [7, 11) is 0. The van der Waals surface area contributed by atoms with Crippen molar-refractivity contribution >= 4 is 11.7 Å². The Bertz CT molecular complexity index is 430. The van der Waals surface area contributed by atoms with E-state index in [9.17, 15) is 18.0 Å². The van der Waals surface area contributed by atoms with Gasteiger partial charge in [-0.25, -0.2) is 4.79 Å². The highest BCUT2D eigenvalue weighted by Gasteiger charge is 2.35. The third kappa shape index (κ3) is 3.65. The Morgan fingerprint density at radius 1 is 1.39 bits per heavy atom. The molecule has 0 atom stereocenters. The van der Waals surface area contributed by atoms with Gasteiger partial charge >= 0.3 is 12.1 Å². The fraction of sp³-hybridized carbons (Fsp3) is 0.417. The summed E-state index contributed by atoms with van der Waals surface area (Å²) in [6, 6.07) is 3.15. The van der Waals surface area contributed by atoms with Crippen molar-refractivity contribution in [2.75, 3.05) is 11.9 Å². The number of halogens is 3. The predicted octanol–water partition coefficient (Wildman–Crippen LogP) is 3.62. The number of alkyl halides is 3. The fourth-order valence-electron chi connectivity index (χ4n) is 1.48. The zero-order chi connectivity index (χ0) is 13.8. The lowest BCUT2D eigenvalue weighted by molar-refractivity contribution is -0.138. The summed E-state index contributed by atoms with van der Waals surface area (Å²) >= 11 is 0. The molecule has 0 aliphatic rings. The van der Waals surface area contributed by atoms with E-state index in [-0.39, 0.29) is 5.69 Å². The number of hydrogen-bond acceptors (Lipinski definition) is 2. The van der Waals surface area contributed by atoms with Crippen LogP contribution in [0.15, 0.2) is 18.2 Å². The SMILES string of the molecule is CCCCNc1ccc(C(=O)O)c(C(F)(F)F)c1. The quantitative estimate of drug-likeness (QED) is 0.796. The predicted molar refractivity (Wildman–Crippen MR) is 61.8 cm³/mol. The second kappa shape index (κ2) is 5.75. The Labute approximate surface area is 103 Å². The summed E-state index contributed by atoms with van der Waals surface area (Å²) in [5.74, 6) is -1.58. The summed E-state index contributed by atoms with van der Waals surface area (Å²) in [6.45, 7) is 2.52. The lowest BCUT2D eigenvalue weighted by Gasteiger charge is -2.13. The van der Waals surface area contributed by atoms with E-state index in [1.54, 1.807) is 0 Å². The van der Waals surface area contributed by atoms with Crippen LogP contribution in [-0.2, 0) is 6.18 Å². The van der Waals surface area contributed by atoms with Gasteiger partial charge in [0.1, 0.15) is 0 Å². The Hall–Kier alpha value is -1.72. The molecule has 0 saturated carbocycles. The van der Waals surface area contributed by atoms with Crippen LogP contribution in [0.25, 0.3) is 0 Å². The van der Waals surface area contributed by atoms with E-state index in [0.717, 1.165) is 25.0 Å². The van der Waals surface area contributed by atoms with Crippen LogP contribution < -0.4 is 5.32 Å².